The Morgan fingerprint density at radius 3 is 2.54 bits per heavy atom. The van der Waals surface area contributed by atoms with Crippen LogP contribution < -0.4 is 11.2 Å². The van der Waals surface area contributed by atoms with E-state index >= 15 is 0 Å². The number of hydrogen-bond donors (Lipinski definition) is 2. The van der Waals surface area contributed by atoms with Crippen molar-refractivity contribution in [3.63, 3.8) is 0 Å². The first kappa shape index (κ1) is 10.5. The highest BCUT2D eigenvalue weighted by atomic mass is 16.6. The molecule has 0 aromatic rings. The Labute approximate surface area is 78.8 Å². The number of amides is 1. The Bertz CT molecular complexity index is 165. The van der Waals surface area contributed by atoms with Crippen molar-refractivity contribution in [2.24, 2.45) is 5.90 Å². The van der Waals surface area contributed by atoms with Gasteiger partial charge in [-0.05, 0) is 25.7 Å². The summed E-state index contributed by atoms with van der Waals surface area (Å²) in [7, 11) is 0. The zero-order valence-corrected chi connectivity index (χ0v) is 8.08. The maximum atomic E-state index is 11.1. The van der Waals surface area contributed by atoms with Crippen molar-refractivity contribution >= 4 is 5.91 Å². The van der Waals surface area contributed by atoms with Gasteiger partial charge in [0, 0.05) is 12.5 Å². The smallest absolute Gasteiger partial charge is 0.219 e. The van der Waals surface area contributed by atoms with Gasteiger partial charge in [-0.15, -0.1) is 0 Å². The fraction of sp³-hybridized carbons (Fsp3) is 0.889. The molecule has 76 valence electrons. The second-order valence-electron chi connectivity index (χ2n) is 3.53. The second-order valence-corrected chi connectivity index (χ2v) is 3.53. The molecule has 0 heterocycles. The topological polar surface area (TPSA) is 64.3 Å². The maximum Gasteiger partial charge on any atom is 0.219 e. The summed E-state index contributed by atoms with van der Waals surface area (Å²) in [6, 6.07) is 0.332. The first-order valence-electron chi connectivity index (χ1n) is 4.91. The van der Waals surface area contributed by atoms with Crippen LogP contribution in [0.4, 0.5) is 0 Å². The zero-order chi connectivity index (χ0) is 9.68. The molecule has 4 heteroatoms. The van der Waals surface area contributed by atoms with E-state index in [9.17, 15) is 4.79 Å². The number of carbonyl (C=O) groups is 1. The van der Waals surface area contributed by atoms with Gasteiger partial charge >= 0.3 is 0 Å². The monoisotopic (exact) mass is 186 g/mol. The summed E-state index contributed by atoms with van der Waals surface area (Å²) >= 11 is 0. The SMILES string of the molecule is CCC(=O)NC1CCC(ON)CC1. The molecule has 1 amide bonds. The number of nitrogens with two attached hydrogens (primary N) is 1. The minimum atomic E-state index is 0.136. The molecule has 0 atom stereocenters. The highest BCUT2D eigenvalue weighted by Gasteiger charge is 2.21. The molecule has 4 nitrogen and oxygen atoms in total. The van der Waals surface area contributed by atoms with Crippen LogP contribution in [0.2, 0.25) is 0 Å². The Kier molecular flexibility index (Phi) is 4.18. The molecule has 1 aliphatic rings. The third-order valence-electron chi connectivity index (χ3n) is 2.55. The third-order valence-corrected chi connectivity index (χ3v) is 2.55. The Hall–Kier alpha value is -0.610. The fourth-order valence-electron chi connectivity index (χ4n) is 1.67. The Morgan fingerprint density at radius 2 is 2.08 bits per heavy atom. The molecule has 0 spiro atoms. The molecule has 1 fully saturated rings. The summed E-state index contributed by atoms with van der Waals surface area (Å²) in [5.74, 6) is 5.22. The van der Waals surface area contributed by atoms with E-state index in [0.29, 0.717) is 12.5 Å². The average Bonchev–Trinajstić information content (AvgIpc) is 2.19. The van der Waals surface area contributed by atoms with Crippen molar-refractivity contribution in [1.82, 2.24) is 5.32 Å². The van der Waals surface area contributed by atoms with E-state index < -0.39 is 0 Å². The van der Waals surface area contributed by atoms with Crippen LogP contribution in [0.1, 0.15) is 39.0 Å². The number of nitrogens with one attached hydrogen (secondary N) is 1. The molecule has 1 rings (SSSR count). The molecule has 0 saturated heterocycles. The molecular formula is C9H18N2O2. The highest BCUT2D eigenvalue weighted by molar-refractivity contribution is 5.75. The van der Waals surface area contributed by atoms with Crippen molar-refractivity contribution in [2.75, 3.05) is 0 Å². The Balaban J connectivity index is 2.21. The third kappa shape index (κ3) is 3.32. The minimum absolute atomic E-state index is 0.136. The van der Waals surface area contributed by atoms with Crippen molar-refractivity contribution in [3.05, 3.63) is 0 Å². The Morgan fingerprint density at radius 1 is 1.46 bits per heavy atom. The van der Waals surface area contributed by atoms with Crippen LogP contribution in [0, 0.1) is 0 Å². The first-order valence-corrected chi connectivity index (χ1v) is 4.91. The van der Waals surface area contributed by atoms with Gasteiger partial charge in [-0.3, -0.25) is 4.79 Å². The second kappa shape index (κ2) is 5.19. The van der Waals surface area contributed by atoms with E-state index in [1.165, 1.54) is 0 Å². The highest BCUT2D eigenvalue weighted by Crippen LogP contribution is 2.19. The van der Waals surface area contributed by atoms with E-state index in [4.69, 9.17) is 10.7 Å². The fourth-order valence-corrected chi connectivity index (χ4v) is 1.67. The lowest BCUT2D eigenvalue weighted by atomic mass is 9.93. The standard InChI is InChI=1S/C9H18N2O2/c1-2-9(12)11-7-3-5-8(13-10)6-4-7/h7-8H,2-6,10H2,1H3,(H,11,12). The zero-order valence-electron chi connectivity index (χ0n) is 8.08. The van der Waals surface area contributed by atoms with Crippen LogP contribution in [0.5, 0.6) is 0 Å². The van der Waals surface area contributed by atoms with Crippen molar-refractivity contribution in [3.8, 4) is 0 Å². The molecule has 13 heavy (non-hydrogen) atoms. The largest absolute Gasteiger partial charge is 0.353 e. The molecule has 0 radical (unpaired) electrons. The summed E-state index contributed by atoms with van der Waals surface area (Å²) in [5, 5.41) is 2.98. The number of carbonyl (C=O) groups excluding carboxylic acids is 1. The van der Waals surface area contributed by atoms with Gasteiger partial charge < -0.3 is 10.2 Å². The first-order chi connectivity index (χ1) is 6.26. The summed E-state index contributed by atoms with van der Waals surface area (Å²) in [4.78, 5) is 15.8. The molecule has 3 N–H and O–H groups in total. The van der Waals surface area contributed by atoms with Crippen LogP contribution in [0.3, 0.4) is 0 Å². The van der Waals surface area contributed by atoms with E-state index in [1.807, 2.05) is 6.92 Å². The van der Waals surface area contributed by atoms with Gasteiger partial charge in [0.05, 0.1) is 6.10 Å². The van der Waals surface area contributed by atoms with Gasteiger partial charge in [0.25, 0.3) is 0 Å². The molecule has 1 aliphatic carbocycles. The van der Waals surface area contributed by atoms with Crippen molar-refractivity contribution in [2.45, 2.75) is 51.2 Å². The molecule has 0 aromatic heterocycles. The average molecular weight is 186 g/mol. The summed E-state index contributed by atoms with van der Waals surface area (Å²) in [6.45, 7) is 1.87. The van der Waals surface area contributed by atoms with Crippen LogP contribution in [0.25, 0.3) is 0 Å². The van der Waals surface area contributed by atoms with Gasteiger partial charge in [0.1, 0.15) is 0 Å². The molecule has 1 saturated carbocycles. The molecular weight excluding hydrogens is 168 g/mol. The number of rotatable bonds is 3. The molecule has 0 bridgehead atoms. The minimum Gasteiger partial charge on any atom is -0.353 e. The van der Waals surface area contributed by atoms with Crippen molar-refractivity contribution < 1.29 is 9.63 Å². The lowest BCUT2D eigenvalue weighted by Crippen LogP contribution is -2.39. The van der Waals surface area contributed by atoms with E-state index in [1.54, 1.807) is 0 Å². The maximum absolute atomic E-state index is 11.1. The van der Waals surface area contributed by atoms with Gasteiger partial charge in [-0.25, -0.2) is 5.90 Å². The van der Waals surface area contributed by atoms with Crippen LogP contribution in [-0.2, 0) is 9.63 Å². The van der Waals surface area contributed by atoms with Gasteiger partial charge in [0.15, 0.2) is 0 Å². The predicted molar refractivity (Wildman–Crippen MR) is 49.8 cm³/mol. The van der Waals surface area contributed by atoms with Crippen LogP contribution in [-0.4, -0.2) is 18.1 Å². The van der Waals surface area contributed by atoms with Crippen molar-refractivity contribution in [1.29, 1.82) is 0 Å². The van der Waals surface area contributed by atoms with E-state index in [-0.39, 0.29) is 12.0 Å². The van der Waals surface area contributed by atoms with Gasteiger partial charge in [-0.1, -0.05) is 6.92 Å². The van der Waals surface area contributed by atoms with Gasteiger partial charge in [-0.2, -0.15) is 0 Å². The van der Waals surface area contributed by atoms with E-state index in [0.717, 1.165) is 25.7 Å². The van der Waals surface area contributed by atoms with E-state index in [2.05, 4.69) is 5.32 Å². The molecule has 0 aromatic carbocycles. The quantitative estimate of drug-likeness (QED) is 0.638. The molecule has 0 unspecified atom stereocenters. The summed E-state index contributed by atoms with van der Waals surface area (Å²) in [5.41, 5.74) is 0. The molecule has 0 aliphatic heterocycles. The lowest BCUT2D eigenvalue weighted by molar-refractivity contribution is -0.121. The number of hydrogen-bond acceptors (Lipinski definition) is 3. The summed E-state index contributed by atoms with van der Waals surface area (Å²) in [6.07, 6.45) is 4.61. The predicted octanol–water partition coefficient (Wildman–Crippen LogP) is 0.714. The summed E-state index contributed by atoms with van der Waals surface area (Å²) < 4.78 is 0. The normalized spacial score (nSPS) is 28.5. The van der Waals surface area contributed by atoms with Crippen LogP contribution in [0.15, 0.2) is 0 Å². The lowest BCUT2D eigenvalue weighted by Gasteiger charge is -2.27. The van der Waals surface area contributed by atoms with Crippen LogP contribution >= 0.6 is 0 Å². The van der Waals surface area contributed by atoms with Gasteiger partial charge in [0.2, 0.25) is 5.91 Å².